The summed E-state index contributed by atoms with van der Waals surface area (Å²) < 4.78 is 20.2. The molecule has 2 aromatic rings. The Morgan fingerprint density at radius 1 is 1.09 bits per heavy atom. The van der Waals surface area contributed by atoms with E-state index < -0.39 is 11.8 Å². The van der Waals surface area contributed by atoms with Gasteiger partial charge in [0, 0.05) is 29.2 Å². The minimum Gasteiger partial charge on any atom is -0.493 e. The molecule has 7 heteroatoms. The zero-order valence-electron chi connectivity index (χ0n) is 18.0. The maximum atomic E-state index is 14.2. The molecule has 32 heavy (non-hydrogen) atoms. The van der Waals surface area contributed by atoms with Crippen LogP contribution in [0.15, 0.2) is 24.3 Å². The Hall–Kier alpha value is -2.18. The van der Waals surface area contributed by atoms with Gasteiger partial charge in [0.05, 0.1) is 17.9 Å². The van der Waals surface area contributed by atoms with E-state index in [9.17, 15) is 14.3 Å². The van der Waals surface area contributed by atoms with E-state index in [1.807, 2.05) is 12.1 Å². The van der Waals surface area contributed by atoms with E-state index in [2.05, 4.69) is 4.90 Å². The molecule has 0 spiro atoms. The monoisotopic (exact) mass is 458 g/mol. The average molecular weight is 459 g/mol. The molecule has 5 nitrogen and oxygen atoms in total. The third-order valence-corrected chi connectivity index (χ3v) is 6.99. The summed E-state index contributed by atoms with van der Waals surface area (Å²) in [5, 5.41) is 9.98. The van der Waals surface area contributed by atoms with Crippen LogP contribution in [-0.4, -0.2) is 40.7 Å². The molecular weight excluding hydrogens is 431 g/mol. The maximum absolute atomic E-state index is 14.2. The Balaban J connectivity index is 1.16. The van der Waals surface area contributed by atoms with Gasteiger partial charge in [-0.3, -0.25) is 9.88 Å². The Morgan fingerprint density at radius 2 is 1.81 bits per heavy atom. The Bertz CT molecular complexity index is 1010. The molecule has 1 aromatic heterocycles. The number of pyridine rings is 1. The predicted molar refractivity (Wildman–Crippen MR) is 120 cm³/mol. The predicted octanol–water partition coefficient (Wildman–Crippen LogP) is 5.62. The molecule has 2 aliphatic carbocycles. The van der Waals surface area contributed by atoms with E-state index in [-0.39, 0.29) is 11.5 Å². The van der Waals surface area contributed by atoms with Crippen LogP contribution in [0.5, 0.6) is 5.75 Å². The van der Waals surface area contributed by atoms with Crippen molar-refractivity contribution in [2.45, 2.75) is 56.9 Å². The summed E-state index contributed by atoms with van der Waals surface area (Å²) in [6, 6.07) is 6.68. The van der Waals surface area contributed by atoms with Crippen LogP contribution in [0.25, 0.3) is 0 Å². The van der Waals surface area contributed by atoms with Crippen LogP contribution in [0.3, 0.4) is 0 Å². The fourth-order valence-electron chi connectivity index (χ4n) is 4.56. The molecule has 1 saturated heterocycles. The van der Waals surface area contributed by atoms with Crippen molar-refractivity contribution in [1.29, 1.82) is 0 Å². The first-order valence-corrected chi connectivity index (χ1v) is 11.9. The summed E-state index contributed by atoms with van der Waals surface area (Å²) >= 11 is 6.31. The van der Waals surface area contributed by atoms with Gasteiger partial charge in [0.15, 0.2) is 0 Å². The van der Waals surface area contributed by atoms with Gasteiger partial charge in [-0.15, -0.1) is 0 Å². The van der Waals surface area contributed by atoms with Gasteiger partial charge in [-0.1, -0.05) is 11.6 Å². The molecule has 1 aromatic carbocycles. The van der Waals surface area contributed by atoms with Crippen molar-refractivity contribution in [3.05, 3.63) is 57.6 Å². The number of rotatable bonds is 8. The molecule has 2 heterocycles. The van der Waals surface area contributed by atoms with E-state index in [4.69, 9.17) is 21.3 Å². The smallest absolute Gasteiger partial charge is 0.338 e. The molecule has 5 rings (SSSR count). The second kappa shape index (κ2) is 8.99. The molecule has 1 N–H and O–H groups in total. The summed E-state index contributed by atoms with van der Waals surface area (Å²) in [5.74, 6) is -0.183. The molecule has 0 radical (unpaired) electrons. The SMILES string of the molecule is O=C(O)c1cc(C2CC2)c(OCC2CCN(Cc3cc(Cl)cc(C4CC4)n3)CC2)cc1F. The normalized spacial score (nSPS) is 19.8. The zero-order chi connectivity index (χ0) is 22.2. The van der Waals surface area contributed by atoms with Crippen LogP contribution in [0.4, 0.5) is 4.39 Å². The van der Waals surface area contributed by atoms with Gasteiger partial charge >= 0.3 is 5.97 Å². The summed E-state index contributed by atoms with van der Waals surface area (Å²) in [6.07, 6.45) is 6.43. The number of ether oxygens (including phenoxy) is 1. The van der Waals surface area contributed by atoms with Crippen molar-refractivity contribution >= 4 is 17.6 Å². The van der Waals surface area contributed by atoms with Crippen LogP contribution in [0, 0.1) is 11.7 Å². The van der Waals surface area contributed by atoms with Crippen molar-refractivity contribution in [2.75, 3.05) is 19.7 Å². The minimum absolute atomic E-state index is 0.271. The Kier molecular flexibility index (Phi) is 6.08. The van der Waals surface area contributed by atoms with Crippen LogP contribution < -0.4 is 4.74 Å². The summed E-state index contributed by atoms with van der Waals surface area (Å²) in [7, 11) is 0. The van der Waals surface area contributed by atoms with Gasteiger partial charge in [-0.05, 0) is 87.2 Å². The highest BCUT2D eigenvalue weighted by molar-refractivity contribution is 6.30. The van der Waals surface area contributed by atoms with Gasteiger partial charge in [-0.25, -0.2) is 9.18 Å². The number of carboxylic acid groups (broad SMARTS) is 1. The number of hydrogen-bond donors (Lipinski definition) is 1. The lowest BCUT2D eigenvalue weighted by Gasteiger charge is -2.31. The summed E-state index contributed by atoms with van der Waals surface area (Å²) in [5.41, 5.74) is 2.73. The minimum atomic E-state index is -1.23. The fourth-order valence-corrected chi connectivity index (χ4v) is 4.80. The average Bonchev–Trinajstić information content (AvgIpc) is 3.66. The highest BCUT2D eigenvalue weighted by Gasteiger charge is 2.30. The van der Waals surface area contributed by atoms with Gasteiger partial charge in [0.1, 0.15) is 11.6 Å². The summed E-state index contributed by atoms with van der Waals surface area (Å²) in [6.45, 7) is 3.26. The van der Waals surface area contributed by atoms with E-state index in [0.717, 1.165) is 67.3 Å². The number of aromatic carboxylic acids is 1. The van der Waals surface area contributed by atoms with E-state index in [1.54, 1.807) is 0 Å². The first-order valence-electron chi connectivity index (χ1n) is 11.5. The molecule has 0 bridgehead atoms. The number of piperidine rings is 1. The van der Waals surface area contributed by atoms with Crippen molar-refractivity contribution < 1.29 is 19.0 Å². The zero-order valence-corrected chi connectivity index (χ0v) is 18.8. The second-order valence-corrected chi connectivity index (χ2v) is 9.89. The lowest BCUT2D eigenvalue weighted by molar-refractivity contribution is 0.0691. The van der Waals surface area contributed by atoms with Gasteiger partial charge in [0.25, 0.3) is 0 Å². The maximum Gasteiger partial charge on any atom is 0.338 e. The first kappa shape index (κ1) is 21.7. The second-order valence-electron chi connectivity index (χ2n) is 9.46. The quantitative estimate of drug-likeness (QED) is 0.556. The number of benzene rings is 1. The highest BCUT2D eigenvalue weighted by atomic mass is 35.5. The molecule has 3 aliphatic rings. The van der Waals surface area contributed by atoms with Gasteiger partial charge in [0.2, 0.25) is 0 Å². The molecule has 170 valence electrons. The summed E-state index contributed by atoms with van der Waals surface area (Å²) in [4.78, 5) is 18.5. The number of carbonyl (C=O) groups is 1. The largest absolute Gasteiger partial charge is 0.493 e. The van der Waals surface area contributed by atoms with Crippen molar-refractivity contribution in [1.82, 2.24) is 9.88 Å². The third-order valence-electron chi connectivity index (χ3n) is 6.77. The lowest BCUT2D eigenvalue weighted by atomic mass is 9.97. The van der Waals surface area contributed by atoms with Crippen LogP contribution in [-0.2, 0) is 6.54 Å². The number of likely N-dealkylation sites (tertiary alicyclic amines) is 1. The third kappa shape index (κ3) is 5.07. The Labute approximate surface area is 192 Å². The van der Waals surface area contributed by atoms with E-state index in [0.29, 0.717) is 24.2 Å². The molecule has 3 fully saturated rings. The van der Waals surface area contributed by atoms with Crippen LogP contribution >= 0.6 is 11.6 Å². The van der Waals surface area contributed by atoms with Crippen molar-refractivity contribution in [3.63, 3.8) is 0 Å². The van der Waals surface area contributed by atoms with Crippen molar-refractivity contribution in [3.8, 4) is 5.75 Å². The molecule has 1 aliphatic heterocycles. The number of aromatic nitrogens is 1. The Morgan fingerprint density at radius 3 is 2.47 bits per heavy atom. The molecule has 0 unspecified atom stereocenters. The molecule has 0 atom stereocenters. The first-order chi connectivity index (χ1) is 15.5. The van der Waals surface area contributed by atoms with E-state index >= 15 is 0 Å². The van der Waals surface area contributed by atoms with Crippen molar-refractivity contribution in [2.24, 2.45) is 5.92 Å². The molecular formula is C25H28ClFN2O3. The molecule has 0 amide bonds. The number of carboxylic acids is 1. The molecule has 2 saturated carbocycles. The number of nitrogens with zero attached hydrogens (tertiary/aromatic N) is 2. The van der Waals surface area contributed by atoms with Crippen LogP contribution in [0.2, 0.25) is 5.02 Å². The lowest BCUT2D eigenvalue weighted by Crippen LogP contribution is -2.35. The van der Waals surface area contributed by atoms with E-state index in [1.165, 1.54) is 25.0 Å². The fraction of sp³-hybridized carbons (Fsp3) is 0.520. The standard InChI is InChI=1S/C25H28ClFN2O3/c26-18-9-19(28-23(10-18)17-3-4-17)13-29-7-5-15(6-8-29)14-32-24-12-22(27)21(25(30)31)11-20(24)16-1-2-16/h9-12,15-17H,1-8,13-14H2,(H,30,31). The van der Waals surface area contributed by atoms with Gasteiger partial charge < -0.3 is 9.84 Å². The van der Waals surface area contributed by atoms with Gasteiger partial charge in [-0.2, -0.15) is 0 Å². The number of halogens is 2. The van der Waals surface area contributed by atoms with Crippen LogP contribution in [0.1, 0.15) is 77.7 Å². The number of hydrogen-bond acceptors (Lipinski definition) is 4. The highest BCUT2D eigenvalue weighted by Crippen LogP contribution is 2.45. The topological polar surface area (TPSA) is 62.7 Å².